The van der Waals surface area contributed by atoms with Gasteiger partial charge in [-0.3, -0.25) is 4.21 Å². The van der Waals surface area contributed by atoms with E-state index in [9.17, 15) is 4.21 Å². The number of allylic oxidation sites excluding steroid dienone is 1. The average molecular weight is 344 g/mol. The summed E-state index contributed by atoms with van der Waals surface area (Å²) in [6.45, 7) is 8.29. The Morgan fingerprint density at radius 3 is 2.25 bits per heavy atom. The molecule has 5 heteroatoms. The lowest BCUT2D eigenvalue weighted by molar-refractivity contribution is 0.00578. The molecule has 3 aliphatic heterocycles. The first-order valence-corrected chi connectivity index (χ1v) is 10.1. The van der Waals surface area contributed by atoms with Crippen LogP contribution in [0.5, 0.6) is 0 Å². The molecule has 3 unspecified atom stereocenters. The van der Waals surface area contributed by atoms with Crippen LogP contribution in [0.15, 0.2) is 30.3 Å². The summed E-state index contributed by atoms with van der Waals surface area (Å²) < 4.78 is 24.4. The Kier molecular flexibility index (Phi) is 3.83. The highest BCUT2D eigenvalue weighted by molar-refractivity contribution is 7.86. The van der Waals surface area contributed by atoms with Gasteiger partial charge in [0.05, 0.1) is 16.5 Å². The molecule has 3 nitrogen and oxygen atoms in total. The molecular formula is C19H25BO3S. The number of benzene rings is 1. The third-order valence-electron chi connectivity index (χ3n) is 6.04. The third kappa shape index (κ3) is 2.61. The highest BCUT2D eigenvalue weighted by atomic mass is 32.2. The Morgan fingerprint density at radius 1 is 1.04 bits per heavy atom. The molecule has 0 amide bonds. The van der Waals surface area contributed by atoms with E-state index in [0.717, 1.165) is 24.7 Å². The number of hydrogen-bond acceptors (Lipinski definition) is 3. The summed E-state index contributed by atoms with van der Waals surface area (Å²) in [6, 6.07) is 8.51. The van der Waals surface area contributed by atoms with Gasteiger partial charge in [0.25, 0.3) is 0 Å². The summed E-state index contributed by atoms with van der Waals surface area (Å²) in [6.07, 6.45) is 5.36. The first-order chi connectivity index (χ1) is 11.3. The van der Waals surface area contributed by atoms with E-state index in [-0.39, 0.29) is 23.6 Å². The molecule has 0 spiro atoms. The van der Waals surface area contributed by atoms with Crippen LogP contribution in [0.25, 0.3) is 5.57 Å². The van der Waals surface area contributed by atoms with Gasteiger partial charge in [0.15, 0.2) is 0 Å². The number of hydrogen-bond donors (Lipinski definition) is 0. The number of fused-ring (bicyclic) bond motifs is 2. The summed E-state index contributed by atoms with van der Waals surface area (Å²) in [7, 11) is -0.965. The average Bonchev–Trinajstić information content (AvgIpc) is 2.87. The third-order valence-corrected chi connectivity index (χ3v) is 8.07. The van der Waals surface area contributed by atoms with E-state index >= 15 is 0 Å². The maximum atomic E-state index is 12.1. The topological polar surface area (TPSA) is 35.5 Å². The van der Waals surface area contributed by atoms with Crippen molar-refractivity contribution in [1.82, 2.24) is 0 Å². The van der Waals surface area contributed by atoms with E-state index < -0.39 is 10.8 Å². The van der Waals surface area contributed by atoms with Gasteiger partial charge in [0.2, 0.25) is 0 Å². The lowest BCUT2D eigenvalue weighted by Gasteiger charge is -2.32. The second-order valence-electron chi connectivity index (χ2n) is 8.17. The van der Waals surface area contributed by atoms with Crippen molar-refractivity contribution < 1.29 is 13.5 Å². The van der Waals surface area contributed by atoms with Gasteiger partial charge < -0.3 is 9.31 Å². The molecule has 2 bridgehead atoms. The maximum Gasteiger partial charge on any atom is 0.494 e. The molecular weight excluding hydrogens is 319 g/mol. The zero-order chi connectivity index (χ0) is 17.1. The van der Waals surface area contributed by atoms with Gasteiger partial charge in [-0.05, 0) is 63.6 Å². The van der Waals surface area contributed by atoms with Gasteiger partial charge in [-0.25, -0.2) is 0 Å². The molecule has 1 aromatic rings. The second kappa shape index (κ2) is 5.55. The van der Waals surface area contributed by atoms with Crippen molar-refractivity contribution in [1.29, 1.82) is 0 Å². The molecule has 4 rings (SSSR count). The maximum absolute atomic E-state index is 12.1. The molecule has 3 heterocycles. The molecule has 3 aliphatic rings. The monoisotopic (exact) mass is 344 g/mol. The van der Waals surface area contributed by atoms with Crippen molar-refractivity contribution in [2.75, 3.05) is 0 Å². The molecule has 3 atom stereocenters. The van der Waals surface area contributed by atoms with Gasteiger partial charge in [-0.15, -0.1) is 0 Å². The SMILES string of the molecule is CC1(C)OB(c2ccc(C3=CC4CCC(C3)S4=O)cc2)OC1(C)C. The fraction of sp³-hybridized carbons (Fsp3) is 0.579. The molecule has 0 N–H and O–H groups in total. The van der Waals surface area contributed by atoms with E-state index in [1.165, 1.54) is 11.1 Å². The van der Waals surface area contributed by atoms with Crippen LogP contribution >= 0.6 is 0 Å². The largest absolute Gasteiger partial charge is 0.494 e. The standard InChI is InChI=1S/C19H25BO3S/c1-18(2)19(3,4)23-20(22-18)15-7-5-13(6-8-15)14-11-16-9-10-17(12-14)24(16)21/h5-8,11,16-17H,9-10,12H2,1-4H3. The van der Waals surface area contributed by atoms with Crippen LogP contribution in [0.2, 0.25) is 0 Å². The first kappa shape index (κ1) is 16.6. The van der Waals surface area contributed by atoms with Crippen molar-refractivity contribution in [2.45, 2.75) is 68.7 Å². The Labute approximate surface area is 147 Å². The van der Waals surface area contributed by atoms with Crippen LogP contribution in [-0.4, -0.2) is 33.0 Å². The Morgan fingerprint density at radius 2 is 1.67 bits per heavy atom. The van der Waals surface area contributed by atoms with E-state index in [2.05, 4.69) is 58.0 Å². The second-order valence-corrected chi connectivity index (χ2v) is 10.1. The Bertz CT molecular complexity index is 692. The lowest BCUT2D eigenvalue weighted by atomic mass is 9.78. The molecule has 0 aromatic heterocycles. The van der Waals surface area contributed by atoms with Crippen molar-refractivity contribution >= 4 is 29.0 Å². The van der Waals surface area contributed by atoms with E-state index in [4.69, 9.17) is 9.31 Å². The lowest BCUT2D eigenvalue weighted by Crippen LogP contribution is -2.41. The van der Waals surface area contributed by atoms with Gasteiger partial charge in [-0.1, -0.05) is 30.3 Å². The minimum atomic E-state index is -0.653. The molecule has 1 aromatic carbocycles. The van der Waals surface area contributed by atoms with Gasteiger partial charge in [0.1, 0.15) is 0 Å². The Balaban J connectivity index is 1.54. The minimum absolute atomic E-state index is 0.265. The van der Waals surface area contributed by atoms with E-state index in [1.807, 2.05) is 0 Å². The molecule has 0 saturated carbocycles. The predicted octanol–water partition coefficient (Wildman–Crippen LogP) is 3.05. The zero-order valence-electron chi connectivity index (χ0n) is 14.9. The van der Waals surface area contributed by atoms with Gasteiger partial charge >= 0.3 is 7.12 Å². The van der Waals surface area contributed by atoms with E-state index in [1.54, 1.807) is 0 Å². The van der Waals surface area contributed by atoms with Crippen molar-refractivity contribution in [2.24, 2.45) is 0 Å². The molecule has 0 radical (unpaired) electrons. The van der Waals surface area contributed by atoms with Crippen molar-refractivity contribution in [3.8, 4) is 0 Å². The van der Waals surface area contributed by atoms with Crippen LogP contribution in [0.3, 0.4) is 0 Å². The molecule has 2 fully saturated rings. The van der Waals surface area contributed by atoms with Gasteiger partial charge in [-0.2, -0.15) is 0 Å². The van der Waals surface area contributed by atoms with Crippen molar-refractivity contribution in [3.05, 3.63) is 35.9 Å². The van der Waals surface area contributed by atoms with Crippen LogP contribution in [0.1, 0.15) is 52.5 Å². The fourth-order valence-electron chi connectivity index (χ4n) is 3.75. The molecule has 24 heavy (non-hydrogen) atoms. The molecule has 2 saturated heterocycles. The normalized spacial score (nSPS) is 33.6. The summed E-state index contributed by atoms with van der Waals surface area (Å²) in [5.41, 5.74) is 3.02. The van der Waals surface area contributed by atoms with Crippen molar-refractivity contribution in [3.63, 3.8) is 0 Å². The van der Waals surface area contributed by atoms with E-state index in [0.29, 0.717) is 5.25 Å². The highest BCUT2D eigenvalue weighted by Gasteiger charge is 2.51. The van der Waals surface area contributed by atoms with Crippen LogP contribution < -0.4 is 5.46 Å². The van der Waals surface area contributed by atoms with Crippen LogP contribution in [0.4, 0.5) is 0 Å². The van der Waals surface area contributed by atoms with Crippen LogP contribution in [-0.2, 0) is 20.1 Å². The summed E-state index contributed by atoms with van der Waals surface area (Å²) in [5, 5.41) is 0.624. The smallest absolute Gasteiger partial charge is 0.399 e. The quantitative estimate of drug-likeness (QED) is 0.774. The molecule has 128 valence electrons. The first-order valence-electron chi connectivity index (χ1n) is 8.83. The minimum Gasteiger partial charge on any atom is -0.399 e. The molecule has 0 aliphatic carbocycles. The summed E-state index contributed by atoms with van der Waals surface area (Å²) >= 11 is 0. The number of rotatable bonds is 2. The Hall–Kier alpha value is -0.905. The summed E-state index contributed by atoms with van der Waals surface area (Å²) in [4.78, 5) is 0. The summed E-state index contributed by atoms with van der Waals surface area (Å²) in [5.74, 6) is 0. The highest BCUT2D eigenvalue weighted by Crippen LogP contribution is 2.39. The fourth-order valence-corrected chi connectivity index (χ4v) is 5.62. The van der Waals surface area contributed by atoms with Gasteiger partial charge in [0, 0.05) is 16.0 Å². The van der Waals surface area contributed by atoms with Crippen LogP contribution in [0, 0.1) is 0 Å². The predicted molar refractivity (Wildman–Crippen MR) is 99.7 cm³/mol. The zero-order valence-corrected chi connectivity index (χ0v) is 15.7.